The first-order valence-electron chi connectivity index (χ1n) is 6.52. The number of rotatable bonds is 0. The molecular weight excluding hydrogens is 238 g/mol. The Hall–Kier alpha value is -2.00. The molecule has 0 atom stereocenters. The lowest BCUT2D eigenvalue weighted by Gasteiger charge is -2.46. The number of hydrogen-bond acceptors (Lipinski definition) is 3. The van der Waals surface area contributed by atoms with Crippen LogP contribution in [0, 0.1) is 6.92 Å². The highest BCUT2D eigenvalue weighted by molar-refractivity contribution is 5.78. The van der Waals surface area contributed by atoms with E-state index in [-0.39, 0.29) is 5.60 Å². The molecule has 3 nitrogen and oxygen atoms in total. The van der Waals surface area contributed by atoms with Gasteiger partial charge in [-0.2, -0.15) is 0 Å². The van der Waals surface area contributed by atoms with Gasteiger partial charge in [-0.25, -0.2) is 0 Å². The second-order valence-corrected chi connectivity index (χ2v) is 5.43. The molecule has 2 N–H and O–H groups in total. The van der Waals surface area contributed by atoms with Gasteiger partial charge in [0.25, 0.3) is 0 Å². The van der Waals surface area contributed by atoms with Gasteiger partial charge in [-0.05, 0) is 36.2 Å². The van der Waals surface area contributed by atoms with E-state index in [1.807, 2.05) is 12.1 Å². The molecule has 1 fully saturated rings. The molecule has 1 spiro atoms. The molecule has 4 rings (SSSR count). The highest BCUT2D eigenvalue weighted by Crippen LogP contribution is 2.47. The molecule has 0 saturated carbocycles. The average molecular weight is 253 g/mol. The monoisotopic (exact) mass is 253 g/mol. The molecule has 0 amide bonds. The van der Waals surface area contributed by atoms with Crippen molar-refractivity contribution in [2.24, 2.45) is 0 Å². The third-order valence-corrected chi connectivity index (χ3v) is 4.05. The Morgan fingerprint density at radius 1 is 1.11 bits per heavy atom. The Bertz CT molecular complexity index is 674. The minimum atomic E-state index is -0.311. The van der Waals surface area contributed by atoms with Gasteiger partial charge < -0.3 is 15.2 Å². The van der Waals surface area contributed by atoms with Crippen LogP contribution in [0.3, 0.4) is 0 Å². The molecular formula is C16H15NO2. The second-order valence-electron chi connectivity index (χ2n) is 5.43. The third-order valence-electron chi connectivity index (χ3n) is 4.05. The van der Waals surface area contributed by atoms with E-state index in [1.165, 1.54) is 11.1 Å². The van der Waals surface area contributed by atoms with Crippen molar-refractivity contribution in [2.75, 3.05) is 13.1 Å². The maximum atomic E-state index is 9.76. The van der Waals surface area contributed by atoms with E-state index >= 15 is 0 Å². The first kappa shape index (κ1) is 10.9. The highest BCUT2D eigenvalue weighted by Gasteiger charge is 2.46. The third kappa shape index (κ3) is 1.42. The van der Waals surface area contributed by atoms with E-state index in [1.54, 1.807) is 6.07 Å². The molecule has 2 aliphatic heterocycles. The smallest absolute Gasteiger partial charge is 0.159 e. The van der Waals surface area contributed by atoms with Crippen molar-refractivity contribution in [2.45, 2.75) is 12.5 Å². The Morgan fingerprint density at radius 2 is 1.89 bits per heavy atom. The lowest BCUT2D eigenvalue weighted by molar-refractivity contribution is 0.00964. The number of aromatic hydroxyl groups is 1. The summed E-state index contributed by atoms with van der Waals surface area (Å²) < 4.78 is 6.24. The molecule has 2 aromatic rings. The lowest BCUT2D eigenvalue weighted by atomic mass is 9.80. The summed E-state index contributed by atoms with van der Waals surface area (Å²) in [5.74, 6) is 1.24. The number of ether oxygens (including phenoxy) is 1. The number of phenols is 1. The number of benzene rings is 2. The minimum absolute atomic E-state index is 0.296. The Labute approximate surface area is 111 Å². The summed E-state index contributed by atoms with van der Waals surface area (Å²) in [6.45, 7) is 3.65. The molecule has 0 unspecified atom stereocenters. The van der Waals surface area contributed by atoms with Gasteiger partial charge in [0.05, 0.1) is 0 Å². The van der Waals surface area contributed by atoms with Crippen LogP contribution in [0.4, 0.5) is 0 Å². The van der Waals surface area contributed by atoms with Crippen LogP contribution in [0.2, 0.25) is 0 Å². The van der Waals surface area contributed by atoms with Gasteiger partial charge in [0.2, 0.25) is 0 Å². The molecule has 3 heteroatoms. The van der Waals surface area contributed by atoms with E-state index in [0.29, 0.717) is 5.75 Å². The molecule has 0 aliphatic carbocycles. The predicted octanol–water partition coefficient (Wildman–Crippen LogP) is 2.56. The largest absolute Gasteiger partial charge is 0.508 e. The molecule has 96 valence electrons. The zero-order chi connectivity index (χ0) is 13.0. The Balaban J connectivity index is 2.00. The number of hydrogen-bond donors (Lipinski definition) is 2. The maximum Gasteiger partial charge on any atom is 0.159 e. The van der Waals surface area contributed by atoms with Gasteiger partial charge in [-0.1, -0.05) is 18.2 Å². The van der Waals surface area contributed by atoms with Crippen molar-refractivity contribution in [3.63, 3.8) is 0 Å². The van der Waals surface area contributed by atoms with Crippen LogP contribution in [0.25, 0.3) is 11.1 Å². The molecule has 1 saturated heterocycles. The van der Waals surface area contributed by atoms with E-state index in [2.05, 4.69) is 30.4 Å². The normalized spacial score (nSPS) is 18.2. The predicted molar refractivity (Wildman–Crippen MR) is 73.5 cm³/mol. The minimum Gasteiger partial charge on any atom is -0.508 e. The summed E-state index contributed by atoms with van der Waals surface area (Å²) in [6, 6.07) is 11.8. The van der Waals surface area contributed by atoms with Crippen LogP contribution in [0.1, 0.15) is 11.1 Å². The SMILES string of the molecule is Cc1ccc2c(c1)OC1(CNC1)c1cc(O)ccc1-2. The molecule has 0 bridgehead atoms. The summed E-state index contributed by atoms with van der Waals surface area (Å²) >= 11 is 0. The molecule has 0 radical (unpaired) electrons. The lowest BCUT2D eigenvalue weighted by Crippen LogP contribution is -2.61. The average Bonchev–Trinajstić information content (AvgIpc) is 2.35. The fourth-order valence-corrected chi connectivity index (χ4v) is 2.96. The zero-order valence-electron chi connectivity index (χ0n) is 10.7. The quantitative estimate of drug-likeness (QED) is 0.758. The van der Waals surface area contributed by atoms with Crippen LogP contribution in [-0.2, 0) is 5.60 Å². The summed E-state index contributed by atoms with van der Waals surface area (Å²) in [5.41, 5.74) is 4.25. The van der Waals surface area contributed by atoms with Crippen LogP contribution in [0.5, 0.6) is 11.5 Å². The molecule has 2 aliphatic rings. The van der Waals surface area contributed by atoms with Crippen molar-refractivity contribution in [1.29, 1.82) is 0 Å². The second kappa shape index (κ2) is 3.52. The van der Waals surface area contributed by atoms with Crippen LogP contribution < -0.4 is 10.1 Å². The van der Waals surface area contributed by atoms with Crippen molar-refractivity contribution in [3.05, 3.63) is 47.5 Å². The number of fused-ring (bicyclic) bond motifs is 4. The summed E-state index contributed by atoms with van der Waals surface area (Å²) in [7, 11) is 0. The molecule has 19 heavy (non-hydrogen) atoms. The van der Waals surface area contributed by atoms with Gasteiger partial charge >= 0.3 is 0 Å². The number of aryl methyl sites for hydroxylation is 1. The highest BCUT2D eigenvalue weighted by atomic mass is 16.5. The van der Waals surface area contributed by atoms with Crippen molar-refractivity contribution < 1.29 is 9.84 Å². The van der Waals surface area contributed by atoms with Crippen LogP contribution in [0.15, 0.2) is 36.4 Å². The fourth-order valence-electron chi connectivity index (χ4n) is 2.96. The van der Waals surface area contributed by atoms with Crippen molar-refractivity contribution in [1.82, 2.24) is 5.32 Å². The zero-order valence-corrected chi connectivity index (χ0v) is 10.7. The molecule has 2 aromatic carbocycles. The molecule has 2 heterocycles. The van der Waals surface area contributed by atoms with Crippen LogP contribution >= 0.6 is 0 Å². The van der Waals surface area contributed by atoms with Gasteiger partial charge in [-0.3, -0.25) is 0 Å². The van der Waals surface area contributed by atoms with Gasteiger partial charge in [0.1, 0.15) is 11.5 Å². The number of nitrogens with one attached hydrogen (secondary N) is 1. The van der Waals surface area contributed by atoms with Gasteiger partial charge in [0, 0.05) is 24.2 Å². The van der Waals surface area contributed by atoms with Crippen LogP contribution in [-0.4, -0.2) is 18.2 Å². The van der Waals surface area contributed by atoms with Crippen molar-refractivity contribution >= 4 is 0 Å². The molecule has 0 aromatic heterocycles. The van der Waals surface area contributed by atoms with Crippen molar-refractivity contribution in [3.8, 4) is 22.6 Å². The first-order valence-corrected chi connectivity index (χ1v) is 6.52. The number of phenolic OH excluding ortho intramolecular Hbond substituents is 1. The van der Waals surface area contributed by atoms with Gasteiger partial charge in [-0.15, -0.1) is 0 Å². The van der Waals surface area contributed by atoms with E-state index < -0.39 is 0 Å². The first-order chi connectivity index (χ1) is 9.18. The Kier molecular flexibility index (Phi) is 2.01. The standard InChI is InChI=1S/C16H15NO2/c1-10-2-4-13-12-5-3-11(18)7-14(12)16(8-17-9-16)19-15(13)6-10/h2-7,17-18H,8-9H2,1H3. The van der Waals surface area contributed by atoms with E-state index in [0.717, 1.165) is 30.0 Å². The maximum absolute atomic E-state index is 9.76. The summed E-state index contributed by atoms with van der Waals surface area (Å²) in [4.78, 5) is 0. The summed E-state index contributed by atoms with van der Waals surface area (Å²) in [5, 5.41) is 13.0. The Morgan fingerprint density at radius 3 is 2.63 bits per heavy atom. The van der Waals surface area contributed by atoms with Gasteiger partial charge in [0.15, 0.2) is 5.60 Å². The topological polar surface area (TPSA) is 41.5 Å². The van der Waals surface area contributed by atoms with E-state index in [4.69, 9.17) is 4.74 Å². The summed E-state index contributed by atoms with van der Waals surface area (Å²) in [6.07, 6.45) is 0. The fraction of sp³-hybridized carbons (Fsp3) is 0.250. The van der Waals surface area contributed by atoms with E-state index in [9.17, 15) is 5.11 Å².